The number of fused-ring (bicyclic) bond motifs is 1. The van der Waals surface area contributed by atoms with Crippen LogP contribution in [-0.2, 0) is 0 Å². The van der Waals surface area contributed by atoms with E-state index < -0.39 is 0 Å². The summed E-state index contributed by atoms with van der Waals surface area (Å²) in [6.45, 7) is 2.10. The Kier molecular flexibility index (Phi) is 3.04. The molecule has 0 amide bonds. The summed E-state index contributed by atoms with van der Waals surface area (Å²) in [6.07, 6.45) is 5.82. The van der Waals surface area contributed by atoms with Gasteiger partial charge in [-0.3, -0.25) is 0 Å². The Labute approximate surface area is 111 Å². The lowest BCUT2D eigenvalue weighted by Gasteiger charge is -2.27. The summed E-state index contributed by atoms with van der Waals surface area (Å²) >= 11 is 6.00. The molecule has 2 heterocycles. The lowest BCUT2D eigenvalue weighted by molar-refractivity contribution is 0.111. The zero-order chi connectivity index (χ0) is 12.7. The fourth-order valence-electron chi connectivity index (χ4n) is 2.88. The number of nitrogens with zero attached hydrogens (tertiary/aromatic N) is 2. The third-order valence-electron chi connectivity index (χ3n) is 3.90. The first kappa shape index (κ1) is 12.0. The Morgan fingerprint density at radius 1 is 1.28 bits per heavy atom. The fourth-order valence-corrected chi connectivity index (χ4v) is 3.03. The molecule has 3 nitrogen and oxygen atoms in total. The van der Waals surface area contributed by atoms with Crippen LogP contribution in [0.15, 0.2) is 18.3 Å². The van der Waals surface area contributed by atoms with Crippen molar-refractivity contribution in [3.8, 4) is 0 Å². The maximum Gasteiger partial charge on any atom is 0.142 e. The van der Waals surface area contributed by atoms with Crippen LogP contribution in [0, 0.1) is 6.92 Å². The normalized spacial score (nSPS) is 24.6. The predicted octanol–water partition coefficient (Wildman–Crippen LogP) is 3.47. The van der Waals surface area contributed by atoms with Gasteiger partial charge >= 0.3 is 0 Å². The minimum Gasteiger partial charge on any atom is -0.393 e. The van der Waals surface area contributed by atoms with E-state index in [2.05, 4.69) is 22.7 Å². The molecule has 0 unspecified atom stereocenters. The van der Waals surface area contributed by atoms with Crippen LogP contribution in [-0.4, -0.2) is 20.8 Å². The molecular formula is C14H17ClN2O. The van der Waals surface area contributed by atoms with E-state index in [9.17, 15) is 5.11 Å². The van der Waals surface area contributed by atoms with E-state index in [0.717, 1.165) is 31.3 Å². The molecule has 18 heavy (non-hydrogen) atoms. The molecule has 2 aromatic rings. The molecule has 4 heteroatoms. The van der Waals surface area contributed by atoms with E-state index in [1.165, 1.54) is 10.9 Å². The largest absolute Gasteiger partial charge is 0.393 e. The number of rotatable bonds is 1. The first-order valence-corrected chi connectivity index (χ1v) is 6.84. The molecule has 0 aromatic carbocycles. The van der Waals surface area contributed by atoms with Crippen molar-refractivity contribution < 1.29 is 5.11 Å². The molecule has 96 valence electrons. The summed E-state index contributed by atoms with van der Waals surface area (Å²) in [5.41, 5.74) is 2.21. The van der Waals surface area contributed by atoms with Gasteiger partial charge in [-0.05, 0) is 50.3 Å². The molecule has 1 fully saturated rings. The molecule has 0 saturated heterocycles. The number of aromatic nitrogens is 2. The Morgan fingerprint density at radius 3 is 2.72 bits per heavy atom. The molecule has 0 bridgehead atoms. The SMILES string of the molecule is Cc1cn(C2CCC(O)CC2)c2nc(Cl)ccc12. The van der Waals surface area contributed by atoms with Gasteiger partial charge in [0.05, 0.1) is 6.10 Å². The molecule has 3 rings (SSSR count). The van der Waals surface area contributed by atoms with Gasteiger partial charge in [0.2, 0.25) is 0 Å². The molecule has 1 aliphatic rings. The maximum absolute atomic E-state index is 9.59. The molecule has 0 atom stereocenters. The minimum absolute atomic E-state index is 0.124. The fraction of sp³-hybridized carbons (Fsp3) is 0.500. The third-order valence-corrected chi connectivity index (χ3v) is 4.11. The summed E-state index contributed by atoms with van der Waals surface area (Å²) in [5.74, 6) is 0. The average molecular weight is 265 g/mol. The number of aryl methyl sites for hydroxylation is 1. The van der Waals surface area contributed by atoms with Crippen LogP contribution >= 0.6 is 11.6 Å². The second-order valence-corrected chi connectivity index (χ2v) is 5.57. The van der Waals surface area contributed by atoms with Gasteiger partial charge in [-0.15, -0.1) is 0 Å². The topological polar surface area (TPSA) is 38.0 Å². The summed E-state index contributed by atoms with van der Waals surface area (Å²) in [4.78, 5) is 4.46. The highest BCUT2D eigenvalue weighted by Crippen LogP contribution is 2.33. The molecule has 0 radical (unpaired) electrons. The van der Waals surface area contributed by atoms with Gasteiger partial charge in [-0.2, -0.15) is 0 Å². The van der Waals surface area contributed by atoms with Crippen LogP contribution in [0.1, 0.15) is 37.3 Å². The highest BCUT2D eigenvalue weighted by atomic mass is 35.5. The quantitative estimate of drug-likeness (QED) is 0.801. The Balaban J connectivity index is 2.03. The molecule has 0 spiro atoms. The molecular weight excluding hydrogens is 248 g/mol. The van der Waals surface area contributed by atoms with E-state index in [1.807, 2.05) is 12.1 Å². The van der Waals surface area contributed by atoms with Gasteiger partial charge in [0.25, 0.3) is 0 Å². The first-order chi connectivity index (χ1) is 8.65. The van der Waals surface area contributed by atoms with Gasteiger partial charge < -0.3 is 9.67 Å². The molecule has 1 saturated carbocycles. The number of hydrogen-bond acceptors (Lipinski definition) is 2. The smallest absolute Gasteiger partial charge is 0.142 e. The van der Waals surface area contributed by atoms with E-state index in [4.69, 9.17) is 11.6 Å². The lowest BCUT2D eigenvalue weighted by Crippen LogP contribution is -2.20. The predicted molar refractivity (Wildman–Crippen MR) is 73.0 cm³/mol. The molecule has 0 aliphatic heterocycles. The maximum atomic E-state index is 9.59. The molecule has 2 aromatic heterocycles. The van der Waals surface area contributed by atoms with Gasteiger partial charge in [0.15, 0.2) is 0 Å². The van der Waals surface area contributed by atoms with Crippen molar-refractivity contribution in [3.05, 3.63) is 29.0 Å². The second kappa shape index (κ2) is 4.56. The third kappa shape index (κ3) is 2.02. The lowest BCUT2D eigenvalue weighted by atomic mass is 9.93. The highest BCUT2D eigenvalue weighted by molar-refractivity contribution is 6.29. The number of halogens is 1. The van der Waals surface area contributed by atoms with Crippen molar-refractivity contribution in [2.75, 3.05) is 0 Å². The zero-order valence-electron chi connectivity index (χ0n) is 10.4. The monoisotopic (exact) mass is 264 g/mol. The summed E-state index contributed by atoms with van der Waals surface area (Å²) in [6, 6.07) is 4.32. The van der Waals surface area contributed by atoms with Crippen molar-refractivity contribution in [2.45, 2.75) is 44.8 Å². The van der Waals surface area contributed by atoms with E-state index in [1.54, 1.807) is 0 Å². The molecule has 1 N–H and O–H groups in total. The number of hydrogen-bond donors (Lipinski definition) is 1. The summed E-state index contributed by atoms with van der Waals surface area (Å²) < 4.78 is 2.24. The van der Waals surface area contributed by atoms with Gasteiger partial charge in [0.1, 0.15) is 10.8 Å². The van der Waals surface area contributed by atoms with Crippen molar-refractivity contribution in [1.29, 1.82) is 0 Å². The highest BCUT2D eigenvalue weighted by Gasteiger charge is 2.22. The van der Waals surface area contributed by atoms with Crippen LogP contribution in [0.5, 0.6) is 0 Å². The van der Waals surface area contributed by atoms with Crippen molar-refractivity contribution >= 4 is 22.6 Å². The van der Waals surface area contributed by atoms with E-state index in [0.29, 0.717) is 11.2 Å². The van der Waals surface area contributed by atoms with Crippen LogP contribution in [0.2, 0.25) is 5.15 Å². The standard InChI is InChI=1S/C14H17ClN2O/c1-9-8-17(10-2-4-11(18)5-3-10)14-12(9)6-7-13(15)16-14/h6-8,10-11,18H,2-5H2,1H3. The van der Waals surface area contributed by atoms with Crippen molar-refractivity contribution in [1.82, 2.24) is 9.55 Å². The van der Waals surface area contributed by atoms with Crippen molar-refractivity contribution in [3.63, 3.8) is 0 Å². The van der Waals surface area contributed by atoms with Gasteiger partial charge in [-0.1, -0.05) is 11.6 Å². The van der Waals surface area contributed by atoms with E-state index in [-0.39, 0.29) is 6.10 Å². The summed E-state index contributed by atoms with van der Waals surface area (Å²) in [7, 11) is 0. The van der Waals surface area contributed by atoms with E-state index >= 15 is 0 Å². The first-order valence-electron chi connectivity index (χ1n) is 6.47. The average Bonchev–Trinajstić information content (AvgIpc) is 2.67. The number of pyridine rings is 1. The molecule has 1 aliphatic carbocycles. The Hall–Kier alpha value is -1.06. The Bertz CT molecular complexity index is 570. The van der Waals surface area contributed by atoms with Gasteiger partial charge in [0, 0.05) is 17.6 Å². The van der Waals surface area contributed by atoms with Crippen molar-refractivity contribution in [2.24, 2.45) is 0 Å². The second-order valence-electron chi connectivity index (χ2n) is 5.19. The van der Waals surface area contributed by atoms with Crippen LogP contribution in [0.25, 0.3) is 11.0 Å². The number of aliphatic hydroxyl groups is 1. The number of aliphatic hydroxyl groups excluding tert-OH is 1. The minimum atomic E-state index is -0.124. The van der Waals surface area contributed by atoms with Gasteiger partial charge in [-0.25, -0.2) is 4.98 Å². The van der Waals surface area contributed by atoms with Crippen LogP contribution in [0.3, 0.4) is 0 Å². The Morgan fingerprint density at radius 2 is 2.00 bits per heavy atom. The summed E-state index contributed by atoms with van der Waals surface area (Å²) in [5, 5.41) is 11.3. The zero-order valence-corrected chi connectivity index (χ0v) is 11.2. The van der Waals surface area contributed by atoms with Crippen LogP contribution < -0.4 is 0 Å². The van der Waals surface area contributed by atoms with Crippen LogP contribution in [0.4, 0.5) is 0 Å².